The minimum atomic E-state index is -0.608. The van der Waals surface area contributed by atoms with Crippen molar-refractivity contribution in [2.45, 2.75) is 77.7 Å². The van der Waals surface area contributed by atoms with Crippen molar-refractivity contribution in [1.29, 1.82) is 0 Å². The summed E-state index contributed by atoms with van der Waals surface area (Å²) in [4.78, 5) is 41.3. The van der Waals surface area contributed by atoms with Gasteiger partial charge in [-0.15, -0.1) is 0 Å². The summed E-state index contributed by atoms with van der Waals surface area (Å²) in [5.74, 6) is -0.839. The lowest BCUT2D eigenvalue weighted by atomic mass is 9.77. The number of hydrogen-bond donors (Lipinski definition) is 0. The number of likely N-dealkylation sites (N-methyl/N-ethyl adjacent to an activating group) is 1. The lowest BCUT2D eigenvalue weighted by molar-refractivity contribution is -0.150. The van der Waals surface area contributed by atoms with Crippen molar-refractivity contribution in [3.8, 4) is 0 Å². The molecule has 0 aromatic heterocycles. The molecule has 168 valence electrons. The molecular formula is C26H35NO4. The third-order valence-corrected chi connectivity index (χ3v) is 6.53. The summed E-state index contributed by atoms with van der Waals surface area (Å²) < 4.78 is 5.66. The maximum absolute atomic E-state index is 13.2. The Morgan fingerprint density at radius 1 is 1.16 bits per heavy atom. The third kappa shape index (κ3) is 4.82. The topological polar surface area (TPSA) is 63.7 Å². The van der Waals surface area contributed by atoms with E-state index in [2.05, 4.69) is 20.8 Å². The van der Waals surface area contributed by atoms with Gasteiger partial charge in [-0.1, -0.05) is 57.7 Å². The Morgan fingerprint density at radius 2 is 1.90 bits per heavy atom. The minimum Gasteiger partial charge on any atom is -0.464 e. The number of rotatable bonds is 7. The van der Waals surface area contributed by atoms with Crippen LogP contribution in [0.5, 0.6) is 0 Å². The third-order valence-electron chi connectivity index (χ3n) is 6.53. The van der Waals surface area contributed by atoms with Crippen LogP contribution < -0.4 is 0 Å². The Balaban J connectivity index is 2.02. The van der Waals surface area contributed by atoms with Crippen molar-refractivity contribution >= 4 is 17.5 Å². The summed E-state index contributed by atoms with van der Waals surface area (Å²) in [5, 5.41) is 0. The molecule has 0 spiro atoms. The van der Waals surface area contributed by atoms with E-state index in [0.717, 1.165) is 42.4 Å². The van der Waals surface area contributed by atoms with Crippen LogP contribution in [0.15, 0.2) is 29.3 Å². The second-order valence-corrected chi connectivity index (χ2v) is 9.28. The van der Waals surface area contributed by atoms with Crippen molar-refractivity contribution in [3.05, 3.63) is 46.0 Å². The standard InChI is InChI=1S/C26H35NO4/c1-6-7-8-9-12-31-26(30)25-24-19-11-10-18(16(2)3)13-20(19)21(28)14-22(29)23(24)17(4)15-27(25)5/h10-11,13,16,24-25H,6-9,12,14-15H2,1-5H3. The summed E-state index contributed by atoms with van der Waals surface area (Å²) >= 11 is 0. The second kappa shape index (κ2) is 9.90. The molecule has 1 heterocycles. The number of unbranched alkanes of at least 4 members (excludes halogenated alkanes) is 3. The van der Waals surface area contributed by atoms with Gasteiger partial charge in [0.1, 0.15) is 6.04 Å². The predicted octanol–water partition coefficient (Wildman–Crippen LogP) is 4.80. The van der Waals surface area contributed by atoms with Gasteiger partial charge in [-0.2, -0.15) is 0 Å². The van der Waals surface area contributed by atoms with E-state index in [1.807, 2.05) is 37.1 Å². The Kier molecular flexibility index (Phi) is 7.47. The monoisotopic (exact) mass is 425 g/mol. The number of fused-ring (bicyclic) bond motifs is 3. The van der Waals surface area contributed by atoms with Crippen LogP contribution in [0.25, 0.3) is 0 Å². The Bertz CT molecular complexity index is 899. The molecule has 0 radical (unpaired) electrons. The van der Waals surface area contributed by atoms with Crippen molar-refractivity contribution in [3.63, 3.8) is 0 Å². The van der Waals surface area contributed by atoms with Gasteiger partial charge in [-0.25, -0.2) is 0 Å². The highest BCUT2D eigenvalue weighted by molar-refractivity contribution is 6.17. The lowest BCUT2D eigenvalue weighted by Crippen LogP contribution is -2.49. The van der Waals surface area contributed by atoms with Crippen LogP contribution in [0.3, 0.4) is 0 Å². The fourth-order valence-electron chi connectivity index (χ4n) is 4.86. The maximum atomic E-state index is 13.2. The van der Waals surface area contributed by atoms with Gasteiger partial charge in [0.25, 0.3) is 0 Å². The average Bonchev–Trinajstić information content (AvgIpc) is 2.82. The van der Waals surface area contributed by atoms with E-state index < -0.39 is 12.0 Å². The normalized spacial score (nSPS) is 21.7. The van der Waals surface area contributed by atoms with Crippen LogP contribution in [0.1, 0.15) is 93.1 Å². The van der Waals surface area contributed by atoms with Gasteiger partial charge in [-0.05, 0) is 43.5 Å². The van der Waals surface area contributed by atoms with Gasteiger partial charge >= 0.3 is 5.97 Å². The van der Waals surface area contributed by atoms with Crippen LogP contribution in [-0.4, -0.2) is 48.7 Å². The first kappa shape index (κ1) is 23.4. The molecule has 0 fully saturated rings. The van der Waals surface area contributed by atoms with Crippen LogP contribution in [0, 0.1) is 0 Å². The largest absolute Gasteiger partial charge is 0.464 e. The molecule has 1 aromatic carbocycles. The van der Waals surface area contributed by atoms with E-state index in [0.29, 0.717) is 24.3 Å². The van der Waals surface area contributed by atoms with E-state index in [1.165, 1.54) is 0 Å². The summed E-state index contributed by atoms with van der Waals surface area (Å²) in [5.41, 5.74) is 3.95. The molecule has 0 amide bonds. The van der Waals surface area contributed by atoms with Crippen molar-refractivity contribution in [2.24, 2.45) is 0 Å². The number of carbonyl (C=O) groups excluding carboxylic acids is 3. The first-order valence-electron chi connectivity index (χ1n) is 11.5. The molecule has 0 bridgehead atoms. The molecule has 3 rings (SSSR count). The van der Waals surface area contributed by atoms with Crippen molar-refractivity contribution in [2.75, 3.05) is 20.2 Å². The quantitative estimate of drug-likeness (QED) is 0.357. The second-order valence-electron chi connectivity index (χ2n) is 9.28. The number of nitrogens with zero attached hydrogens (tertiary/aromatic N) is 1. The van der Waals surface area contributed by atoms with Gasteiger partial charge in [0, 0.05) is 23.6 Å². The molecule has 0 saturated heterocycles. The maximum Gasteiger partial charge on any atom is 0.324 e. The summed E-state index contributed by atoms with van der Waals surface area (Å²) in [7, 11) is 1.89. The molecule has 0 saturated carbocycles. The molecule has 31 heavy (non-hydrogen) atoms. The van der Waals surface area contributed by atoms with Gasteiger partial charge in [-0.3, -0.25) is 19.3 Å². The molecule has 1 aliphatic carbocycles. The molecule has 0 N–H and O–H groups in total. The molecule has 2 atom stereocenters. The van der Waals surface area contributed by atoms with Crippen LogP contribution in [-0.2, 0) is 14.3 Å². The fourth-order valence-corrected chi connectivity index (χ4v) is 4.86. The molecule has 1 aliphatic heterocycles. The predicted molar refractivity (Wildman–Crippen MR) is 121 cm³/mol. The average molecular weight is 426 g/mol. The highest BCUT2D eigenvalue weighted by Crippen LogP contribution is 2.42. The Labute approximate surface area is 185 Å². The van der Waals surface area contributed by atoms with Crippen LogP contribution in [0.4, 0.5) is 0 Å². The van der Waals surface area contributed by atoms with E-state index in [9.17, 15) is 14.4 Å². The number of ketones is 2. The van der Waals surface area contributed by atoms with Crippen LogP contribution in [0.2, 0.25) is 0 Å². The molecular weight excluding hydrogens is 390 g/mol. The van der Waals surface area contributed by atoms with Gasteiger partial charge in [0.05, 0.1) is 13.0 Å². The highest BCUT2D eigenvalue weighted by atomic mass is 16.5. The molecule has 2 aliphatic rings. The lowest BCUT2D eigenvalue weighted by Gasteiger charge is -2.39. The number of carbonyl (C=O) groups is 3. The number of Topliss-reactive ketones (excluding diaryl/α,β-unsaturated/α-hetero) is 2. The Morgan fingerprint density at radius 3 is 2.58 bits per heavy atom. The smallest absolute Gasteiger partial charge is 0.324 e. The van der Waals surface area contributed by atoms with E-state index >= 15 is 0 Å². The van der Waals surface area contributed by atoms with Gasteiger partial charge in [0.2, 0.25) is 0 Å². The van der Waals surface area contributed by atoms with Crippen molar-refractivity contribution in [1.82, 2.24) is 4.90 Å². The number of ether oxygens (including phenoxy) is 1. The highest BCUT2D eigenvalue weighted by Gasteiger charge is 2.46. The zero-order valence-corrected chi connectivity index (χ0v) is 19.5. The summed E-state index contributed by atoms with van der Waals surface area (Å²) in [6, 6.07) is 5.26. The minimum absolute atomic E-state index is 0.139. The van der Waals surface area contributed by atoms with Crippen molar-refractivity contribution < 1.29 is 19.1 Å². The molecule has 5 nitrogen and oxygen atoms in total. The summed E-state index contributed by atoms with van der Waals surface area (Å²) in [6.45, 7) is 9.14. The van der Waals surface area contributed by atoms with Crippen LogP contribution >= 0.6 is 0 Å². The number of esters is 1. The van der Waals surface area contributed by atoms with E-state index in [-0.39, 0.29) is 29.9 Å². The van der Waals surface area contributed by atoms with E-state index in [4.69, 9.17) is 4.74 Å². The number of benzene rings is 1. The van der Waals surface area contributed by atoms with Gasteiger partial charge in [0.15, 0.2) is 11.6 Å². The molecule has 5 heteroatoms. The Hall–Kier alpha value is -2.27. The molecule has 1 aromatic rings. The zero-order valence-electron chi connectivity index (χ0n) is 19.5. The fraction of sp³-hybridized carbons (Fsp3) is 0.577. The van der Waals surface area contributed by atoms with E-state index in [1.54, 1.807) is 0 Å². The summed E-state index contributed by atoms with van der Waals surface area (Å²) in [6.07, 6.45) is 3.98. The first-order chi connectivity index (χ1) is 14.8. The SMILES string of the molecule is CCCCCCOC(=O)C1C2C(=C(C)CN1C)C(=O)CC(=O)c1cc(C(C)C)ccc12. The first-order valence-corrected chi connectivity index (χ1v) is 11.5. The van der Waals surface area contributed by atoms with Gasteiger partial charge < -0.3 is 4.74 Å². The zero-order chi connectivity index (χ0) is 22.7. The molecule has 2 unspecified atom stereocenters. The number of hydrogen-bond acceptors (Lipinski definition) is 5.